The van der Waals surface area contributed by atoms with Crippen molar-refractivity contribution in [2.45, 2.75) is 19.3 Å². The lowest BCUT2D eigenvalue weighted by atomic mass is 10.1. The number of benzene rings is 2. The Kier molecular flexibility index (Phi) is 7.20. The molecule has 0 saturated carbocycles. The Morgan fingerprint density at radius 1 is 0.926 bits per heavy atom. The van der Waals surface area contributed by atoms with Crippen LogP contribution in [0, 0.1) is 11.3 Å². The van der Waals surface area contributed by atoms with Crippen molar-refractivity contribution in [2.75, 3.05) is 24.9 Å². The number of methoxy groups -OCH3 is 2. The van der Waals surface area contributed by atoms with Crippen molar-refractivity contribution in [2.24, 2.45) is 0 Å². The van der Waals surface area contributed by atoms with Gasteiger partial charge in [-0.15, -0.1) is 0 Å². The van der Waals surface area contributed by atoms with Gasteiger partial charge in [-0.1, -0.05) is 6.07 Å². The van der Waals surface area contributed by atoms with E-state index in [2.05, 4.69) is 10.6 Å². The molecule has 0 spiro atoms. The van der Waals surface area contributed by atoms with Crippen LogP contribution in [-0.2, 0) is 16.0 Å². The highest BCUT2D eigenvalue weighted by molar-refractivity contribution is 5.93. The first-order chi connectivity index (χ1) is 13.0. The van der Waals surface area contributed by atoms with E-state index < -0.39 is 0 Å². The molecule has 0 aliphatic carbocycles. The molecule has 2 rings (SSSR count). The first-order valence-electron chi connectivity index (χ1n) is 8.33. The van der Waals surface area contributed by atoms with Crippen molar-refractivity contribution in [3.63, 3.8) is 0 Å². The summed E-state index contributed by atoms with van der Waals surface area (Å²) in [5, 5.41) is 13.9. The zero-order valence-electron chi connectivity index (χ0n) is 15.2. The summed E-state index contributed by atoms with van der Waals surface area (Å²) in [6, 6.07) is 14.1. The number of anilines is 2. The van der Waals surface area contributed by atoms with Crippen molar-refractivity contribution >= 4 is 23.2 Å². The molecule has 2 aromatic rings. The lowest BCUT2D eigenvalue weighted by Gasteiger charge is -2.10. The normalized spacial score (nSPS) is 9.81. The third kappa shape index (κ3) is 6.04. The van der Waals surface area contributed by atoms with Crippen LogP contribution in [0.1, 0.15) is 18.4 Å². The Hall–Kier alpha value is -3.53. The van der Waals surface area contributed by atoms with Crippen LogP contribution < -0.4 is 20.1 Å². The molecule has 7 nitrogen and oxygen atoms in total. The summed E-state index contributed by atoms with van der Waals surface area (Å²) in [6.07, 6.45) is 0.680. The average Bonchev–Trinajstić information content (AvgIpc) is 2.67. The Balaban J connectivity index is 1.87. The highest BCUT2D eigenvalue weighted by Crippen LogP contribution is 2.28. The fourth-order valence-electron chi connectivity index (χ4n) is 2.43. The number of hydrogen-bond acceptors (Lipinski definition) is 5. The van der Waals surface area contributed by atoms with Crippen molar-refractivity contribution in [3.05, 3.63) is 48.0 Å². The minimum atomic E-state index is -0.371. The van der Waals surface area contributed by atoms with Gasteiger partial charge in [-0.3, -0.25) is 9.59 Å². The summed E-state index contributed by atoms with van der Waals surface area (Å²) in [7, 11) is 3.14. The van der Waals surface area contributed by atoms with Crippen LogP contribution in [0.15, 0.2) is 42.5 Å². The van der Waals surface area contributed by atoms with Crippen LogP contribution in [0.5, 0.6) is 11.5 Å². The summed E-state index contributed by atoms with van der Waals surface area (Å²) in [4.78, 5) is 23.5. The summed E-state index contributed by atoms with van der Waals surface area (Å²) >= 11 is 0. The molecule has 0 aliphatic heterocycles. The van der Waals surface area contributed by atoms with Crippen molar-refractivity contribution in [3.8, 4) is 17.6 Å². The van der Waals surface area contributed by atoms with E-state index in [4.69, 9.17) is 14.7 Å². The quantitative estimate of drug-likeness (QED) is 0.746. The topological polar surface area (TPSA) is 100 Å². The van der Waals surface area contributed by atoms with Crippen molar-refractivity contribution in [1.82, 2.24) is 0 Å². The standard InChI is InChI=1S/C20H21N3O4/c1-26-17-9-3-14(13-18(17)27-2)4-10-19(24)22-15-5-7-16(8-6-15)23-20(25)11-12-21/h3,5-9,13H,4,10-11H2,1-2H3,(H,22,24)(H,23,25). The van der Waals surface area contributed by atoms with Crippen LogP contribution >= 0.6 is 0 Å². The van der Waals surface area contributed by atoms with Gasteiger partial charge in [0.2, 0.25) is 11.8 Å². The molecule has 0 fully saturated rings. The number of amides is 2. The lowest BCUT2D eigenvalue weighted by Crippen LogP contribution is -2.13. The molecule has 2 amide bonds. The van der Waals surface area contributed by atoms with Gasteiger partial charge >= 0.3 is 0 Å². The van der Waals surface area contributed by atoms with Gasteiger partial charge in [0, 0.05) is 17.8 Å². The molecule has 0 aromatic heterocycles. The SMILES string of the molecule is COc1ccc(CCC(=O)Nc2ccc(NC(=O)CC#N)cc2)cc1OC. The summed E-state index contributed by atoms with van der Waals surface area (Å²) in [5.74, 6) is 0.785. The number of nitrogens with zero attached hydrogens (tertiary/aromatic N) is 1. The molecule has 0 atom stereocenters. The molecular weight excluding hydrogens is 346 g/mol. The molecule has 0 radical (unpaired) electrons. The van der Waals surface area contributed by atoms with E-state index in [1.807, 2.05) is 18.2 Å². The number of rotatable bonds is 8. The summed E-state index contributed by atoms with van der Waals surface area (Å²) in [6.45, 7) is 0. The van der Waals surface area contributed by atoms with Gasteiger partial charge in [0.1, 0.15) is 6.42 Å². The van der Waals surface area contributed by atoms with Crippen molar-refractivity contribution in [1.29, 1.82) is 5.26 Å². The van der Waals surface area contributed by atoms with Crippen molar-refractivity contribution < 1.29 is 19.1 Å². The maximum atomic E-state index is 12.1. The molecule has 2 N–H and O–H groups in total. The number of aryl methyl sites for hydroxylation is 1. The lowest BCUT2D eigenvalue weighted by molar-refractivity contribution is -0.116. The number of ether oxygens (including phenoxy) is 2. The number of carbonyl (C=O) groups excluding carboxylic acids is 2. The molecule has 7 heteroatoms. The van der Waals surface area contributed by atoms with Gasteiger partial charge in [0.15, 0.2) is 11.5 Å². The summed E-state index contributed by atoms with van der Waals surface area (Å²) < 4.78 is 10.5. The molecule has 0 heterocycles. The van der Waals surface area contributed by atoms with E-state index in [1.165, 1.54) is 0 Å². The van der Waals surface area contributed by atoms with Gasteiger partial charge in [0.05, 0.1) is 20.3 Å². The van der Waals surface area contributed by atoms with Crippen LogP contribution in [0.3, 0.4) is 0 Å². The van der Waals surface area contributed by atoms with Crippen LogP contribution in [-0.4, -0.2) is 26.0 Å². The van der Waals surface area contributed by atoms with E-state index in [1.54, 1.807) is 44.6 Å². The molecule has 0 saturated heterocycles. The van der Waals surface area contributed by atoms with E-state index >= 15 is 0 Å². The second-order valence-electron chi connectivity index (χ2n) is 5.70. The highest BCUT2D eigenvalue weighted by Gasteiger charge is 2.08. The van der Waals surface area contributed by atoms with Gasteiger partial charge in [-0.25, -0.2) is 0 Å². The molecule has 0 bridgehead atoms. The summed E-state index contributed by atoms with van der Waals surface area (Å²) in [5.41, 5.74) is 2.17. The molecular formula is C20H21N3O4. The number of carbonyl (C=O) groups is 2. The Morgan fingerprint density at radius 2 is 1.52 bits per heavy atom. The third-order valence-corrected chi connectivity index (χ3v) is 3.78. The van der Waals surface area contributed by atoms with E-state index in [0.717, 1.165) is 5.56 Å². The maximum absolute atomic E-state index is 12.1. The fraction of sp³-hybridized carbons (Fsp3) is 0.250. The molecule has 0 aliphatic rings. The third-order valence-electron chi connectivity index (χ3n) is 3.78. The predicted molar refractivity (Wildman–Crippen MR) is 102 cm³/mol. The predicted octanol–water partition coefficient (Wildman–Crippen LogP) is 3.13. The zero-order valence-corrected chi connectivity index (χ0v) is 15.2. The van der Waals surface area contributed by atoms with E-state index in [0.29, 0.717) is 35.7 Å². The van der Waals surface area contributed by atoms with Crippen LogP contribution in [0.4, 0.5) is 11.4 Å². The van der Waals surface area contributed by atoms with Gasteiger partial charge < -0.3 is 20.1 Å². The maximum Gasteiger partial charge on any atom is 0.238 e. The first-order valence-corrected chi connectivity index (χ1v) is 8.33. The molecule has 2 aromatic carbocycles. The van der Waals surface area contributed by atoms with Gasteiger partial charge in [-0.05, 0) is 48.4 Å². The molecule has 140 valence electrons. The largest absolute Gasteiger partial charge is 0.493 e. The van der Waals surface area contributed by atoms with E-state index in [9.17, 15) is 9.59 Å². The minimum Gasteiger partial charge on any atom is -0.493 e. The van der Waals surface area contributed by atoms with Crippen LogP contribution in [0.2, 0.25) is 0 Å². The molecule has 27 heavy (non-hydrogen) atoms. The number of nitriles is 1. The zero-order chi connectivity index (χ0) is 19.6. The Morgan fingerprint density at radius 3 is 2.07 bits per heavy atom. The number of nitrogens with one attached hydrogen (secondary N) is 2. The number of hydrogen-bond donors (Lipinski definition) is 2. The highest BCUT2D eigenvalue weighted by atomic mass is 16.5. The second-order valence-corrected chi connectivity index (χ2v) is 5.70. The van der Waals surface area contributed by atoms with Gasteiger partial charge in [0.25, 0.3) is 0 Å². The Labute approximate surface area is 157 Å². The Bertz CT molecular complexity index is 841. The fourth-order valence-corrected chi connectivity index (χ4v) is 2.43. The average molecular weight is 367 g/mol. The van der Waals surface area contributed by atoms with Crippen LogP contribution in [0.25, 0.3) is 0 Å². The monoisotopic (exact) mass is 367 g/mol. The molecule has 0 unspecified atom stereocenters. The first kappa shape index (κ1) is 19.8. The second kappa shape index (κ2) is 9.82. The smallest absolute Gasteiger partial charge is 0.238 e. The van der Waals surface area contributed by atoms with Gasteiger partial charge in [-0.2, -0.15) is 5.26 Å². The van der Waals surface area contributed by atoms with E-state index in [-0.39, 0.29) is 18.2 Å². The minimum absolute atomic E-state index is 0.119.